The number of aromatic hydroxyl groups is 1. The number of tetrazole rings is 1. The van der Waals surface area contributed by atoms with E-state index in [-0.39, 0.29) is 18.7 Å². The maximum atomic E-state index is 12.3. The Balaban J connectivity index is 2.13. The fourth-order valence-corrected chi connectivity index (χ4v) is 2.50. The number of esters is 1. The van der Waals surface area contributed by atoms with Gasteiger partial charge < -0.3 is 19.9 Å². The Labute approximate surface area is 175 Å². The highest BCUT2D eigenvalue weighted by atomic mass is 16.6. The van der Waals surface area contributed by atoms with Crippen LogP contribution in [0.3, 0.4) is 0 Å². The van der Waals surface area contributed by atoms with Crippen molar-refractivity contribution in [1.29, 1.82) is 0 Å². The minimum Gasteiger partial charge on any atom is -0.508 e. The molecule has 1 heterocycles. The second-order valence-corrected chi connectivity index (χ2v) is 8.85. The second-order valence-electron chi connectivity index (χ2n) is 8.85. The van der Waals surface area contributed by atoms with Crippen LogP contribution in [0.2, 0.25) is 0 Å². The van der Waals surface area contributed by atoms with Crippen LogP contribution in [-0.2, 0) is 20.8 Å². The van der Waals surface area contributed by atoms with Gasteiger partial charge in [-0.1, -0.05) is 12.1 Å². The fraction of sp³-hybridized carbons (Fsp3) is 0.550. The molecule has 0 saturated heterocycles. The molecule has 1 aromatic heterocycles. The Morgan fingerprint density at radius 2 is 1.80 bits per heavy atom. The van der Waals surface area contributed by atoms with Gasteiger partial charge in [0.2, 0.25) is 5.82 Å². The standard InChI is InChI=1S/C20H29N5O5/c1-19(2,3)29-16(27)11-14(21-18(28)30-20(4,5)6)12-25-23-17(22-24-25)13-8-7-9-15(26)10-13/h7-10,14,26H,11-12H2,1-6H3,(H,21,28)/t14-/m1/s1. The number of nitrogens with one attached hydrogen (secondary N) is 1. The first kappa shape index (κ1) is 23.1. The van der Waals surface area contributed by atoms with Gasteiger partial charge in [0.05, 0.1) is 19.0 Å². The molecule has 0 aliphatic rings. The van der Waals surface area contributed by atoms with E-state index in [0.717, 1.165) is 0 Å². The maximum Gasteiger partial charge on any atom is 0.407 e. The normalized spacial score (nSPS) is 12.9. The average Bonchev–Trinajstić information content (AvgIpc) is 2.99. The SMILES string of the molecule is CC(C)(C)OC(=O)C[C@H](Cn1nnc(-c2cccc(O)c2)n1)NC(=O)OC(C)(C)C. The van der Waals surface area contributed by atoms with Crippen molar-refractivity contribution >= 4 is 12.1 Å². The summed E-state index contributed by atoms with van der Waals surface area (Å²) in [4.78, 5) is 25.8. The lowest BCUT2D eigenvalue weighted by molar-refractivity contribution is -0.155. The third kappa shape index (κ3) is 8.06. The molecule has 0 bridgehead atoms. The summed E-state index contributed by atoms with van der Waals surface area (Å²) in [5.41, 5.74) is -0.749. The van der Waals surface area contributed by atoms with Crippen molar-refractivity contribution in [2.24, 2.45) is 0 Å². The smallest absolute Gasteiger partial charge is 0.407 e. The number of aromatic nitrogens is 4. The third-order valence-corrected chi connectivity index (χ3v) is 3.49. The topological polar surface area (TPSA) is 128 Å². The molecule has 1 amide bonds. The van der Waals surface area contributed by atoms with Crippen molar-refractivity contribution in [1.82, 2.24) is 25.5 Å². The van der Waals surface area contributed by atoms with Gasteiger partial charge in [-0.25, -0.2) is 4.79 Å². The van der Waals surface area contributed by atoms with Crippen molar-refractivity contribution < 1.29 is 24.2 Å². The number of rotatable bonds is 6. The van der Waals surface area contributed by atoms with Crippen molar-refractivity contribution in [2.75, 3.05) is 0 Å². The van der Waals surface area contributed by atoms with Crippen molar-refractivity contribution in [3.05, 3.63) is 24.3 Å². The van der Waals surface area contributed by atoms with Crippen molar-refractivity contribution in [3.8, 4) is 17.1 Å². The van der Waals surface area contributed by atoms with E-state index in [1.54, 1.807) is 53.7 Å². The molecular formula is C20H29N5O5. The lowest BCUT2D eigenvalue weighted by Crippen LogP contribution is -2.43. The molecule has 164 valence electrons. The number of hydrogen-bond donors (Lipinski definition) is 2. The molecule has 2 aromatic rings. The summed E-state index contributed by atoms with van der Waals surface area (Å²) in [6.07, 6.45) is -0.760. The zero-order valence-corrected chi connectivity index (χ0v) is 18.2. The molecule has 0 saturated carbocycles. The fourth-order valence-electron chi connectivity index (χ4n) is 2.50. The molecule has 30 heavy (non-hydrogen) atoms. The van der Waals surface area contributed by atoms with Crippen LogP contribution in [0.4, 0.5) is 4.79 Å². The zero-order valence-electron chi connectivity index (χ0n) is 18.2. The van der Waals surface area contributed by atoms with E-state index in [1.807, 2.05) is 0 Å². The molecule has 1 aromatic carbocycles. The molecule has 0 spiro atoms. The van der Waals surface area contributed by atoms with E-state index in [0.29, 0.717) is 11.4 Å². The van der Waals surface area contributed by atoms with E-state index in [1.165, 1.54) is 16.9 Å². The summed E-state index contributed by atoms with van der Waals surface area (Å²) in [6.45, 7) is 10.6. The predicted molar refractivity (Wildman–Crippen MR) is 109 cm³/mol. The second kappa shape index (κ2) is 9.10. The van der Waals surface area contributed by atoms with Crippen molar-refractivity contribution in [2.45, 2.75) is 71.8 Å². The number of amides is 1. The number of phenolic OH excluding ortho intramolecular Hbond substituents is 1. The van der Waals surface area contributed by atoms with Crippen LogP contribution in [0.25, 0.3) is 11.4 Å². The molecule has 0 aliphatic carbocycles. The summed E-state index contributed by atoms with van der Waals surface area (Å²) in [5.74, 6) is -0.0886. The largest absolute Gasteiger partial charge is 0.508 e. The molecule has 1 atom stereocenters. The molecule has 10 heteroatoms. The van der Waals surface area contributed by atoms with Crippen LogP contribution in [0.15, 0.2) is 24.3 Å². The number of benzene rings is 1. The highest BCUT2D eigenvalue weighted by molar-refractivity contribution is 5.73. The highest BCUT2D eigenvalue weighted by Gasteiger charge is 2.25. The zero-order chi connectivity index (χ0) is 22.5. The molecule has 0 aliphatic heterocycles. The first-order chi connectivity index (χ1) is 13.8. The minimum atomic E-state index is -0.686. The Morgan fingerprint density at radius 3 is 2.40 bits per heavy atom. The predicted octanol–water partition coefficient (Wildman–Crippen LogP) is 2.67. The van der Waals surface area contributed by atoms with E-state index in [4.69, 9.17) is 9.47 Å². The Kier molecular flexibility index (Phi) is 7.01. The molecule has 2 N–H and O–H groups in total. The molecule has 0 unspecified atom stereocenters. The number of nitrogens with zero attached hydrogens (tertiary/aromatic N) is 4. The van der Waals surface area contributed by atoms with E-state index in [9.17, 15) is 14.7 Å². The monoisotopic (exact) mass is 419 g/mol. The number of carbonyl (C=O) groups is 2. The molecule has 10 nitrogen and oxygen atoms in total. The van der Waals surface area contributed by atoms with Crippen LogP contribution in [0, 0.1) is 0 Å². The third-order valence-electron chi connectivity index (χ3n) is 3.49. The summed E-state index contributed by atoms with van der Waals surface area (Å²) in [6, 6.07) is 5.77. The van der Waals surface area contributed by atoms with Crippen molar-refractivity contribution in [3.63, 3.8) is 0 Å². The van der Waals surface area contributed by atoms with E-state index in [2.05, 4.69) is 20.7 Å². The maximum absolute atomic E-state index is 12.3. The van der Waals surface area contributed by atoms with Gasteiger partial charge in [0.25, 0.3) is 0 Å². The average molecular weight is 419 g/mol. The number of hydrogen-bond acceptors (Lipinski definition) is 8. The van der Waals surface area contributed by atoms with Gasteiger partial charge in [0, 0.05) is 5.56 Å². The van der Waals surface area contributed by atoms with Crippen LogP contribution in [0.1, 0.15) is 48.0 Å². The first-order valence-electron chi connectivity index (χ1n) is 9.59. The van der Waals surface area contributed by atoms with Gasteiger partial charge in [-0.3, -0.25) is 4.79 Å². The van der Waals surface area contributed by atoms with Gasteiger partial charge >= 0.3 is 12.1 Å². The minimum absolute atomic E-state index is 0.0737. The van der Waals surface area contributed by atoms with Gasteiger partial charge in [-0.2, -0.15) is 4.80 Å². The van der Waals surface area contributed by atoms with Crippen LogP contribution in [0.5, 0.6) is 5.75 Å². The molecule has 0 radical (unpaired) electrons. The molecular weight excluding hydrogens is 390 g/mol. The lowest BCUT2D eigenvalue weighted by atomic mass is 10.1. The summed E-state index contributed by atoms with van der Waals surface area (Å²) in [7, 11) is 0. The van der Waals surface area contributed by atoms with E-state index >= 15 is 0 Å². The van der Waals surface area contributed by atoms with Crippen LogP contribution in [-0.4, -0.2) is 54.6 Å². The summed E-state index contributed by atoms with van der Waals surface area (Å²) in [5, 5.41) is 24.5. The lowest BCUT2D eigenvalue weighted by Gasteiger charge is -2.24. The molecule has 0 fully saturated rings. The summed E-state index contributed by atoms with van der Waals surface area (Å²) < 4.78 is 10.6. The molecule has 2 rings (SSSR count). The van der Waals surface area contributed by atoms with E-state index < -0.39 is 29.3 Å². The quantitative estimate of drug-likeness (QED) is 0.684. The van der Waals surface area contributed by atoms with Gasteiger partial charge in [0.1, 0.15) is 17.0 Å². The first-order valence-corrected chi connectivity index (χ1v) is 9.59. The highest BCUT2D eigenvalue weighted by Crippen LogP contribution is 2.19. The van der Waals surface area contributed by atoms with Gasteiger partial charge in [-0.15, -0.1) is 10.2 Å². The Morgan fingerprint density at radius 1 is 1.13 bits per heavy atom. The Bertz CT molecular complexity index is 852. The Hall–Kier alpha value is -3.17. The number of ether oxygens (including phenoxy) is 2. The number of phenols is 1. The number of alkyl carbamates (subject to hydrolysis) is 1. The summed E-state index contributed by atoms with van der Waals surface area (Å²) >= 11 is 0. The van der Waals surface area contributed by atoms with Gasteiger partial charge in [0.15, 0.2) is 0 Å². The number of carbonyl (C=O) groups excluding carboxylic acids is 2. The van der Waals surface area contributed by atoms with Gasteiger partial charge in [-0.05, 0) is 58.9 Å². The van der Waals surface area contributed by atoms with Crippen LogP contribution < -0.4 is 5.32 Å². The van der Waals surface area contributed by atoms with Crippen LogP contribution >= 0.6 is 0 Å².